The molecule has 8 nitrogen and oxygen atoms in total. The van der Waals surface area contributed by atoms with Crippen LogP contribution in [0.2, 0.25) is 0 Å². The molecule has 10 heteroatoms. The molecule has 0 heterocycles. The molecule has 0 fully saturated rings. The Morgan fingerprint density at radius 1 is 1.18 bits per heavy atom. The minimum absolute atomic E-state index is 0.156. The van der Waals surface area contributed by atoms with Gasteiger partial charge in [-0.15, -0.1) is 0 Å². The maximum absolute atomic E-state index is 4.52. The average Bonchev–Trinajstić information content (AvgIpc) is 2.03. The second-order valence-electron chi connectivity index (χ2n) is 1.05. The maximum atomic E-state index is 4.52. The Kier molecular flexibility index (Phi) is 10.3. The lowest BCUT2D eigenvalue weighted by molar-refractivity contribution is -0.325. The first kappa shape index (κ1) is 11.2. The van der Waals surface area contributed by atoms with Gasteiger partial charge in [-0.3, -0.25) is 4.84 Å². The zero-order valence-electron chi connectivity index (χ0n) is 6.04. The van der Waals surface area contributed by atoms with E-state index < -0.39 is 0 Å². The molecule has 0 aromatic heterocycles. The smallest absolute Gasteiger partial charge is 0.265 e. The minimum atomic E-state index is -0.156. The second-order valence-corrected chi connectivity index (χ2v) is 1.83. The predicted molar refractivity (Wildman–Crippen MR) is 37.6 cm³/mol. The summed E-state index contributed by atoms with van der Waals surface area (Å²) in [5.74, 6) is 0. The zero-order valence-corrected chi connectivity index (χ0v) is 7.04. The summed E-state index contributed by atoms with van der Waals surface area (Å²) in [6.45, 7) is 0. The highest BCUT2D eigenvalue weighted by atomic mass is 31.1. The molecule has 0 spiro atoms. The first-order valence-corrected chi connectivity index (χ1v) is 3.27. The second kappa shape index (κ2) is 10.2. The zero-order chi connectivity index (χ0) is 8.36. The molecule has 3 N–H and O–H groups in total. The lowest BCUT2D eigenvalue weighted by Crippen LogP contribution is -2.30. The third-order valence-corrected chi connectivity index (χ3v) is 0.750. The van der Waals surface area contributed by atoms with Crippen LogP contribution < -0.4 is 16.9 Å². The van der Waals surface area contributed by atoms with Gasteiger partial charge in [0, 0.05) is 0 Å². The van der Waals surface area contributed by atoms with E-state index in [1.165, 1.54) is 15.2 Å². The summed E-state index contributed by atoms with van der Waals surface area (Å²) < 4.78 is 9.01. The largest absolute Gasteiger partial charge is 0.405 e. The monoisotopic (exact) mass is 185 g/mol. The molecule has 0 aromatic carbocycles. The van der Waals surface area contributed by atoms with Crippen LogP contribution >= 0.6 is 9.03 Å². The van der Waals surface area contributed by atoms with E-state index in [1.807, 2.05) is 16.9 Å². The van der Waals surface area contributed by atoms with Gasteiger partial charge in [0.15, 0.2) is 9.03 Å². The van der Waals surface area contributed by atoms with Crippen LogP contribution in [-0.2, 0) is 23.8 Å². The number of nitrogens with one attached hydrogen (secondary N) is 3. The third kappa shape index (κ3) is 10.2. The van der Waals surface area contributed by atoms with Gasteiger partial charge >= 0.3 is 0 Å². The van der Waals surface area contributed by atoms with Crippen LogP contribution in [0, 0.1) is 0 Å². The molecule has 0 amide bonds. The van der Waals surface area contributed by atoms with E-state index >= 15 is 0 Å². The van der Waals surface area contributed by atoms with Crippen LogP contribution in [0.15, 0.2) is 0 Å². The fourth-order valence-corrected chi connectivity index (χ4v) is 0.335. The highest BCUT2D eigenvalue weighted by Gasteiger charge is 1.84. The van der Waals surface area contributed by atoms with E-state index in [2.05, 4.69) is 23.8 Å². The Labute approximate surface area is 66.0 Å². The Morgan fingerprint density at radius 3 is 2.55 bits per heavy atom. The Balaban J connectivity index is 2.69. The van der Waals surface area contributed by atoms with Crippen molar-refractivity contribution in [1.82, 2.24) is 16.9 Å². The summed E-state index contributed by atoms with van der Waals surface area (Å²) in [5.41, 5.74) is 5.90. The highest BCUT2D eigenvalue weighted by Crippen LogP contribution is 2.05. The summed E-state index contributed by atoms with van der Waals surface area (Å²) in [6.07, 6.45) is 0. The van der Waals surface area contributed by atoms with E-state index in [-0.39, 0.29) is 9.03 Å². The van der Waals surface area contributed by atoms with Crippen molar-refractivity contribution in [3.8, 4) is 0 Å². The average molecular weight is 185 g/mol. The summed E-state index contributed by atoms with van der Waals surface area (Å²) >= 11 is 0. The van der Waals surface area contributed by atoms with Crippen LogP contribution in [0.25, 0.3) is 0 Å². The van der Waals surface area contributed by atoms with Gasteiger partial charge in [0.2, 0.25) is 0 Å². The van der Waals surface area contributed by atoms with Gasteiger partial charge in [0.05, 0.1) is 7.11 Å². The number of rotatable bonds is 8. The topological polar surface area (TPSA) is 82.2 Å². The summed E-state index contributed by atoms with van der Waals surface area (Å²) in [6, 6.07) is 0. The predicted octanol–water partition coefficient (Wildman–Crippen LogP) is -1.99. The molecule has 0 aromatic rings. The van der Waals surface area contributed by atoms with Crippen LogP contribution in [0.4, 0.5) is 0 Å². The molecule has 0 bridgehead atoms. The molecule has 0 rings (SSSR count). The number of hydrogen-bond acceptors (Lipinski definition) is 8. The van der Waals surface area contributed by atoms with Gasteiger partial charge in [-0.1, -0.05) is 11.3 Å². The molecular weight excluding hydrogens is 176 g/mol. The Hall–Kier alpha value is 0.175. The number of hydrogen-bond donors (Lipinski definition) is 3. The molecule has 1 unspecified atom stereocenters. The van der Waals surface area contributed by atoms with Gasteiger partial charge in [-0.05, 0) is 5.64 Å². The van der Waals surface area contributed by atoms with Crippen LogP contribution in [-0.4, -0.2) is 15.2 Å². The van der Waals surface area contributed by atoms with Crippen molar-refractivity contribution in [2.45, 2.75) is 0 Å². The van der Waals surface area contributed by atoms with Crippen molar-refractivity contribution in [1.29, 1.82) is 0 Å². The maximum Gasteiger partial charge on any atom is 0.265 e. The van der Waals surface area contributed by atoms with Crippen molar-refractivity contribution in [2.24, 2.45) is 0 Å². The Bertz CT molecular complexity index is 70.7. The van der Waals surface area contributed by atoms with E-state index in [0.29, 0.717) is 0 Å². The van der Waals surface area contributed by atoms with Gasteiger partial charge in [-0.2, -0.15) is 9.88 Å². The summed E-state index contributed by atoms with van der Waals surface area (Å²) in [5, 5.41) is 0. The van der Waals surface area contributed by atoms with Gasteiger partial charge < -0.3 is 4.44 Å². The molecule has 0 aliphatic rings. The minimum Gasteiger partial charge on any atom is -0.405 e. The van der Waals surface area contributed by atoms with Crippen molar-refractivity contribution in [3.05, 3.63) is 0 Å². The van der Waals surface area contributed by atoms with Crippen molar-refractivity contribution >= 4 is 17.1 Å². The lowest BCUT2D eigenvalue weighted by atomic mass is 10.6. The molecule has 11 heavy (non-hydrogen) atoms. The fraction of sp³-hybridized carbons (Fsp3) is 1.00. The summed E-state index contributed by atoms with van der Waals surface area (Å²) in [4.78, 5) is 12.8. The Morgan fingerprint density at radius 2 is 1.91 bits per heavy atom. The van der Waals surface area contributed by atoms with Gasteiger partial charge in [0.25, 0.3) is 8.05 Å². The lowest BCUT2D eigenvalue weighted by Gasteiger charge is -2.04. The quantitative estimate of drug-likeness (QED) is 0.173. The van der Waals surface area contributed by atoms with E-state index in [4.69, 9.17) is 0 Å². The molecule has 0 saturated heterocycles. The molecule has 0 aliphatic carbocycles. The van der Waals surface area contributed by atoms with E-state index in [0.717, 1.165) is 0 Å². The van der Waals surface area contributed by atoms with E-state index in [9.17, 15) is 0 Å². The first-order chi connectivity index (χ1) is 5.41. The summed E-state index contributed by atoms with van der Waals surface area (Å²) in [7, 11) is 2.70. The van der Waals surface area contributed by atoms with Gasteiger partial charge in [0.1, 0.15) is 0 Å². The normalized spacial score (nSPS) is 11.4. The molecule has 1 atom stereocenters. The molecule has 0 aliphatic heterocycles. The van der Waals surface area contributed by atoms with Crippen molar-refractivity contribution < 1.29 is 23.8 Å². The van der Waals surface area contributed by atoms with Crippen LogP contribution in [0.3, 0.4) is 0 Å². The van der Waals surface area contributed by atoms with Gasteiger partial charge in [-0.25, -0.2) is 4.62 Å². The van der Waals surface area contributed by atoms with E-state index in [1.54, 1.807) is 0 Å². The highest BCUT2D eigenvalue weighted by molar-refractivity contribution is 7.27. The van der Waals surface area contributed by atoms with Crippen LogP contribution in [0.1, 0.15) is 0 Å². The molecule has 0 radical (unpaired) electrons. The van der Waals surface area contributed by atoms with Crippen molar-refractivity contribution in [2.75, 3.05) is 7.11 Å². The standard InChI is InChI=1S/CH9BN3O5P/c1-6-3-8-4-9-5-10-11-7-2/h3-5,11H,2H2,1H3. The van der Waals surface area contributed by atoms with Crippen molar-refractivity contribution in [3.63, 3.8) is 0 Å². The first-order valence-electron chi connectivity index (χ1n) is 2.45. The van der Waals surface area contributed by atoms with Crippen LogP contribution in [0.5, 0.6) is 0 Å². The molecule has 66 valence electrons. The third-order valence-electron chi connectivity index (χ3n) is 0.417. The SMILES string of the molecule is BOPONONONOC. The fourth-order valence-electron chi connectivity index (χ4n) is 0.176. The molecule has 0 saturated carbocycles. The molecular formula is CH9BN3O5P.